The van der Waals surface area contributed by atoms with E-state index >= 15 is 0 Å². The van der Waals surface area contributed by atoms with Crippen molar-refractivity contribution in [3.05, 3.63) is 0 Å². The van der Waals surface area contributed by atoms with E-state index in [4.69, 9.17) is 4.74 Å². The first-order chi connectivity index (χ1) is 8.75. The maximum Gasteiger partial charge on any atom is 0.279 e. The molecular weight excluding hydrogens is 266 g/mol. The standard InChI is InChI=1S/C12H29N3O3S/c1-6-13-9-8-10-15(5)19(16,17)14-11-12(3,4)18-7-2/h13-14H,6-11H2,1-5H3. The van der Waals surface area contributed by atoms with Crippen LogP contribution in [0.1, 0.15) is 34.1 Å². The van der Waals surface area contributed by atoms with Gasteiger partial charge in [0.15, 0.2) is 0 Å². The molecule has 0 aromatic carbocycles. The molecule has 0 aliphatic rings. The first-order valence-corrected chi connectivity index (χ1v) is 8.24. The van der Waals surface area contributed by atoms with Crippen molar-refractivity contribution in [3.63, 3.8) is 0 Å². The number of hydrogen-bond acceptors (Lipinski definition) is 4. The van der Waals surface area contributed by atoms with E-state index in [-0.39, 0.29) is 6.54 Å². The number of ether oxygens (including phenoxy) is 1. The summed E-state index contributed by atoms with van der Waals surface area (Å²) in [5.74, 6) is 0. The molecule has 19 heavy (non-hydrogen) atoms. The van der Waals surface area contributed by atoms with Crippen LogP contribution in [0.5, 0.6) is 0 Å². The summed E-state index contributed by atoms with van der Waals surface area (Å²) in [6.45, 7) is 10.7. The summed E-state index contributed by atoms with van der Waals surface area (Å²) in [7, 11) is -1.84. The molecular formula is C12H29N3O3S. The van der Waals surface area contributed by atoms with Crippen LogP contribution in [0.4, 0.5) is 0 Å². The molecule has 0 fully saturated rings. The predicted octanol–water partition coefficient (Wildman–Crippen LogP) is 0.567. The SMILES string of the molecule is CCNCCCN(C)S(=O)(=O)NCC(C)(C)OCC. The van der Waals surface area contributed by atoms with E-state index in [1.807, 2.05) is 27.7 Å². The molecule has 0 saturated carbocycles. The van der Waals surface area contributed by atoms with E-state index in [0.29, 0.717) is 13.2 Å². The Hall–Kier alpha value is -0.210. The van der Waals surface area contributed by atoms with Gasteiger partial charge in [-0.1, -0.05) is 6.92 Å². The molecule has 7 heteroatoms. The van der Waals surface area contributed by atoms with Crippen LogP contribution in [-0.2, 0) is 14.9 Å². The predicted molar refractivity (Wildman–Crippen MR) is 78.4 cm³/mol. The van der Waals surface area contributed by atoms with Crippen LogP contribution >= 0.6 is 0 Å². The zero-order valence-electron chi connectivity index (χ0n) is 12.8. The van der Waals surface area contributed by atoms with Crippen LogP contribution in [0.3, 0.4) is 0 Å². The number of nitrogens with zero attached hydrogens (tertiary/aromatic N) is 1. The van der Waals surface area contributed by atoms with Crippen molar-refractivity contribution in [2.45, 2.75) is 39.7 Å². The third kappa shape index (κ3) is 8.54. The minimum Gasteiger partial charge on any atom is -0.374 e. The highest BCUT2D eigenvalue weighted by molar-refractivity contribution is 7.87. The Labute approximate surface area is 118 Å². The van der Waals surface area contributed by atoms with Gasteiger partial charge in [0.05, 0.1) is 5.60 Å². The van der Waals surface area contributed by atoms with Gasteiger partial charge in [0.25, 0.3) is 10.2 Å². The van der Waals surface area contributed by atoms with Crippen LogP contribution in [0.2, 0.25) is 0 Å². The fourth-order valence-electron chi connectivity index (χ4n) is 1.54. The molecule has 0 saturated heterocycles. The summed E-state index contributed by atoms with van der Waals surface area (Å²) in [5.41, 5.74) is -0.494. The first kappa shape index (κ1) is 18.8. The molecule has 0 atom stereocenters. The second-order valence-electron chi connectivity index (χ2n) is 5.05. The number of rotatable bonds is 11. The average molecular weight is 295 g/mol. The molecule has 0 radical (unpaired) electrons. The van der Waals surface area contributed by atoms with Crippen molar-refractivity contribution in [2.24, 2.45) is 0 Å². The maximum absolute atomic E-state index is 12.0. The van der Waals surface area contributed by atoms with Gasteiger partial charge in [0.2, 0.25) is 0 Å². The molecule has 0 unspecified atom stereocenters. The largest absolute Gasteiger partial charge is 0.374 e. The van der Waals surface area contributed by atoms with E-state index in [0.717, 1.165) is 19.5 Å². The van der Waals surface area contributed by atoms with Crippen molar-refractivity contribution < 1.29 is 13.2 Å². The third-order valence-corrected chi connectivity index (χ3v) is 4.21. The van der Waals surface area contributed by atoms with Crippen molar-refractivity contribution in [1.29, 1.82) is 0 Å². The molecule has 0 amide bonds. The Morgan fingerprint density at radius 2 is 1.89 bits per heavy atom. The molecule has 0 aliphatic heterocycles. The van der Waals surface area contributed by atoms with Gasteiger partial charge < -0.3 is 10.1 Å². The Morgan fingerprint density at radius 3 is 2.42 bits per heavy atom. The van der Waals surface area contributed by atoms with Gasteiger partial charge in [-0.15, -0.1) is 0 Å². The van der Waals surface area contributed by atoms with Gasteiger partial charge in [-0.3, -0.25) is 0 Å². The lowest BCUT2D eigenvalue weighted by molar-refractivity contribution is -0.00535. The highest BCUT2D eigenvalue weighted by Crippen LogP contribution is 2.08. The molecule has 0 heterocycles. The van der Waals surface area contributed by atoms with Crippen LogP contribution in [0, 0.1) is 0 Å². The zero-order valence-corrected chi connectivity index (χ0v) is 13.6. The molecule has 116 valence electrons. The summed E-state index contributed by atoms with van der Waals surface area (Å²) in [6, 6.07) is 0. The normalized spacial score (nSPS) is 13.2. The second-order valence-corrected chi connectivity index (χ2v) is 6.91. The maximum atomic E-state index is 12.0. The van der Waals surface area contributed by atoms with Crippen LogP contribution in [0.25, 0.3) is 0 Å². The van der Waals surface area contributed by atoms with E-state index in [9.17, 15) is 8.42 Å². The molecule has 0 aromatic rings. The molecule has 6 nitrogen and oxygen atoms in total. The average Bonchev–Trinajstić information content (AvgIpc) is 2.32. The van der Waals surface area contributed by atoms with Gasteiger partial charge in [-0.25, -0.2) is 0 Å². The molecule has 0 bridgehead atoms. The topological polar surface area (TPSA) is 70.7 Å². The van der Waals surface area contributed by atoms with Crippen LogP contribution < -0.4 is 10.0 Å². The monoisotopic (exact) mass is 295 g/mol. The fraction of sp³-hybridized carbons (Fsp3) is 1.00. The molecule has 0 rings (SSSR count). The summed E-state index contributed by atoms with van der Waals surface area (Å²) >= 11 is 0. The molecule has 0 spiro atoms. The summed E-state index contributed by atoms with van der Waals surface area (Å²) in [5, 5.41) is 3.17. The zero-order chi connectivity index (χ0) is 14.9. The van der Waals surface area contributed by atoms with Gasteiger partial charge in [0.1, 0.15) is 0 Å². The molecule has 2 N–H and O–H groups in total. The fourth-order valence-corrected chi connectivity index (χ4v) is 2.66. The number of hydrogen-bond donors (Lipinski definition) is 2. The Morgan fingerprint density at radius 1 is 1.26 bits per heavy atom. The van der Waals surface area contributed by atoms with Crippen molar-refractivity contribution in [2.75, 3.05) is 39.8 Å². The highest BCUT2D eigenvalue weighted by atomic mass is 32.2. The number of nitrogens with one attached hydrogen (secondary N) is 2. The van der Waals surface area contributed by atoms with E-state index in [1.165, 1.54) is 4.31 Å². The van der Waals surface area contributed by atoms with Gasteiger partial charge in [0, 0.05) is 26.7 Å². The van der Waals surface area contributed by atoms with E-state index in [2.05, 4.69) is 10.0 Å². The van der Waals surface area contributed by atoms with Crippen molar-refractivity contribution in [1.82, 2.24) is 14.3 Å². The van der Waals surface area contributed by atoms with Crippen molar-refractivity contribution in [3.8, 4) is 0 Å². The lowest BCUT2D eigenvalue weighted by Gasteiger charge is -2.26. The smallest absolute Gasteiger partial charge is 0.279 e. The lowest BCUT2D eigenvalue weighted by Crippen LogP contribution is -2.46. The Bertz CT molecular complexity index is 331. The third-order valence-electron chi connectivity index (χ3n) is 2.70. The summed E-state index contributed by atoms with van der Waals surface area (Å²) in [4.78, 5) is 0. The van der Waals surface area contributed by atoms with Gasteiger partial charge in [-0.2, -0.15) is 17.4 Å². The lowest BCUT2D eigenvalue weighted by atomic mass is 10.1. The van der Waals surface area contributed by atoms with E-state index < -0.39 is 15.8 Å². The summed E-state index contributed by atoms with van der Waals surface area (Å²) < 4.78 is 33.3. The van der Waals surface area contributed by atoms with E-state index in [1.54, 1.807) is 7.05 Å². The molecule has 0 aliphatic carbocycles. The minimum atomic E-state index is -3.42. The first-order valence-electron chi connectivity index (χ1n) is 6.80. The van der Waals surface area contributed by atoms with Gasteiger partial charge in [-0.05, 0) is 40.3 Å². The minimum absolute atomic E-state index is 0.265. The van der Waals surface area contributed by atoms with Gasteiger partial charge >= 0.3 is 0 Å². The van der Waals surface area contributed by atoms with Crippen LogP contribution in [-0.4, -0.2) is 58.2 Å². The second kappa shape index (κ2) is 8.86. The quantitative estimate of drug-likeness (QED) is 0.547. The van der Waals surface area contributed by atoms with Crippen LogP contribution in [0.15, 0.2) is 0 Å². The van der Waals surface area contributed by atoms with Crippen molar-refractivity contribution >= 4 is 10.2 Å². The Kier molecular flexibility index (Phi) is 8.76. The Balaban J connectivity index is 4.15. The summed E-state index contributed by atoms with van der Waals surface area (Å²) in [6.07, 6.45) is 0.792. The highest BCUT2D eigenvalue weighted by Gasteiger charge is 2.23. The molecule has 0 aromatic heterocycles.